The first-order valence-electron chi connectivity index (χ1n) is 8.36. The summed E-state index contributed by atoms with van der Waals surface area (Å²) in [7, 11) is 0. The Morgan fingerprint density at radius 2 is 1.70 bits per heavy atom. The fraction of sp³-hybridized carbons (Fsp3) is 0.0500. The van der Waals surface area contributed by atoms with Gasteiger partial charge in [0.05, 0.1) is 11.2 Å². The Morgan fingerprint density at radius 1 is 0.926 bits per heavy atom. The van der Waals surface area contributed by atoms with Crippen LogP contribution in [0.1, 0.15) is 5.69 Å². The van der Waals surface area contributed by atoms with E-state index in [0.717, 1.165) is 28.0 Å². The van der Waals surface area contributed by atoms with Crippen molar-refractivity contribution < 1.29 is 0 Å². The summed E-state index contributed by atoms with van der Waals surface area (Å²) in [5.74, 6) is 1.00. The van der Waals surface area contributed by atoms with Gasteiger partial charge in [-0.05, 0) is 37.3 Å². The van der Waals surface area contributed by atoms with Gasteiger partial charge in [-0.3, -0.25) is 4.98 Å². The van der Waals surface area contributed by atoms with E-state index in [0.29, 0.717) is 22.3 Å². The highest BCUT2D eigenvalue weighted by Gasteiger charge is 2.11. The molecule has 134 valence electrons. The van der Waals surface area contributed by atoms with Crippen molar-refractivity contribution in [2.45, 2.75) is 6.92 Å². The van der Waals surface area contributed by atoms with Crippen LogP contribution in [0.5, 0.6) is 0 Å². The fourth-order valence-electron chi connectivity index (χ4n) is 2.77. The minimum Gasteiger partial charge on any atom is -0.393 e. The molecular weight excluding hydrogens is 360 g/mol. The van der Waals surface area contributed by atoms with Crippen molar-refractivity contribution in [3.8, 4) is 0 Å². The largest absolute Gasteiger partial charge is 0.393 e. The Labute approximate surface area is 161 Å². The van der Waals surface area contributed by atoms with Crippen molar-refractivity contribution in [3.05, 3.63) is 71.6 Å². The zero-order valence-corrected chi connectivity index (χ0v) is 15.3. The van der Waals surface area contributed by atoms with Gasteiger partial charge in [-0.1, -0.05) is 35.9 Å². The number of hydrogen-bond acceptors (Lipinski definition) is 6. The van der Waals surface area contributed by atoms with Gasteiger partial charge in [-0.2, -0.15) is 0 Å². The third-order valence-corrected chi connectivity index (χ3v) is 4.32. The molecule has 0 atom stereocenters. The van der Waals surface area contributed by atoms with E-state index in [1.165, 1.54) is 6.33 Å². The van der Waals surface area contributed by atoms with Crippen molar-refractivity contribution in [2.24, 2.45) is 0 Å². The van der Waals surface area contributed by atoms with Crippen LogP contribution in [0.25, 0.3) is 10.9 Å². The van der Waals surface area contributed by atoms with Gasteiger partial charge >= 0.3 is 0 Å². The molecule has 0 aliphatic rings. The summed E-state index contributed by atoms with van der Waals surface area (Å²) < 4.78 is 0. The van der Waals surface area contributed by atoms with Crippen LogP contribution in [0.4, 0.5) is 28.7 Å². The van der Waals surface area contributed by atoms with Gasteiger partial charge in [0.15, 0.2) is 11.6 Å². The second-order valence-corrected chi connectivity index (χ2v) is 6.51. The fourth-order valence-corrected chi connectivity index (χ4v) is 2.96. The molecule has 4 N–H and O–H groups in total. The maximum atomic E-state index is 6.29. The van der Waals surface area contributed by atoms with Crippen LogP contribution < -0.4 is 16.4 Å². The molecule has 2 aromatic heterocycles. The van der Waals surface area contributed by atoms with Gasteiger partial charge in [0.25, 0.3) is 0 Å². The van der Waals surface area contributed by atoms with Crippen molar-refractivity contribution in [3.63, 3.8) is 0 Å². The molecule has 0 radical (unpaired) electrons. The lowest BCUT2D eigenvalue weighted by atomic mass is 10.1. The van der Waals surface area contributed by atoms with Crippen LogP contribution in [0.2, 0.25) is 5.02 Å². The molecular formula is C20H17ClN6. The predicted molar refractivity (Wildman–Crippen MR) is 111 cm³/mol. The molecule has 0 fully saturated rings. The summed E-state index contributed by atoms with van der Waals surface area (Å²) >= 11 is 6.03. The molecule has 4 aromatic rings. The number of halogens is 1. The Balaban J connectivity index is 1.69. The summed E-state index contributed by atoms with van der Waals surface area (Å²) in [4.78, 5) is 13.1. The van der Waals surface area contributed by atoms with Crippen LogP contribution in [0.15, 0.2) is 60.9 Å². The summed E-state index contributed by atoms with van der Waals surface area (Å²) in [5, 5.41) is 8.11. The number of aryl methyl sites for hydroxylation is 1. The van der Waals surface area contributed by atoms with E-state index in [2.05, 4.69) is 25.6 Å². The molecule has 0 spiro atoms. The van der Waals surface area contributed by atoms with Crippen molar-refractivity contribution in [2.75, 3.05) is 16.4 Å². The third kappa shape index (κ3) is 3.61. The van der Waals surface area contributed by atoms with E-state index < -0.39 is 0 Å². The number of nitrogens with one attached hydrogen (secondary N) is 2. The number of pyridine rings is 1. The van der Waals surface area contributed by atoms with Gasteiger partial charge in [-0.15, -0.1) is 0 Å². The zero-order chi connectivity index (χ0) is 18.8. The SMILES string of the molecule is Cc1ccc2cccc(Nc3ncnc(Nc4cccc(Cl)c4)c3N)c2n1. The summed E-state index contributed by atoms with van der Waals surface area (Å²) in [5.41, 5.74) is 10.1. The van der Waals surface area contributed by atoms with E-state index >= 15 is 0 Å². The van der Waals surface area contributed by atoms with Crippen LogP contribution in [0, 0.1) is 6.92 Å². The van der Waals surface area contributed by atoms with E-state index in [-0.39, 0.29) is 0 Å². The lowest BCUT2D eigenvalue weighted by Gasteiger charge is -2.14. The molecule has 6 nitrogen and oxygen atoms in total. The maximum Gasteiger partial charge on any atom is 0.159 e. The summed E-state index contributed by atoms with van der Waals surface area (Å²) in [6.45, 7) is 1.96. The molecule has 4 rings (SSSR count). The molecule has 2 heterocycles. The number of para-hydroxylation sites is 1. The highest BCUT2D eigenvalue weighted by atomic mass is 35.5. The van der Waals surface area contributed by atoms with Gasteiger partial charge < -0.3 is 16.4 Å². The Hall–Kier alpha value is -3.38. The molecule has 0 amide bonds. The molecule has 0 saturated carbocycles. The average Bonchev–Trinajstić information content (AvgIpc) is 2.65. The maximum absolute atomic E-state index is 6.29. The van der Waals surface area contributed by atoms with Crippen LogP contribution in [-0.4, -0.2) is 15.0 Å². The van der Waals surface area contributed by atoms with Gasteiger partial charge in [0.1, 0.15) is 12.0 Å². The molecule has 0 bridgehead atoms. The van der Waals surface area contributed by atoms with Crippen LogP contribution in [0.3, 0.4) is 0 Å². The second kappa shape index (κ2) is 7.09. The second-order valence-electron chi connectivity index (χ2n) is 6.07. The van der Waals surface area contributed by atoms with E-state index in [4.69, 9.17) is 17.3 Å². The minimum atomic E-state index is 0.405. The highest BCUT2D eigenvalue weighted by Crippen LogP contribution is 2.31. The molecule has 0 unspecified atom stereocenters. The normalized spacial score (nSPS) is 10.7. The van der Waals surface area contributed by atoms with Crippen molar-refractivity contribution in [1.29, 1.82) is 0 Å². The van der Waals surface area contributed by atoms with Crippen molar-refractivity contribution >= 4 is 51.2 Å². The molecule has 0 aliphatic heterocycles. The number of fused-ring (bicyclic) bond motifs is 1. The Kier molecular flexibility index (Phi) is 4.48. The summed E-state index contributed by atoms with van der Waals surface area (Å²) in [6.07, 6.45) is 1.45. The van der Waals surface area contributed by atoms with E-state index in [1.54, 1.807) is 12.1 Å². The Bertz CT molecular complexity index is 1130. The van der Waals surface area contributed by atoms with E-state index in [9.17, 15) is 0 Å². The minimum absolute atomic E-state index is 0.405. The van der Waals surface area contributed by atoms with Gasteiger partial charge in [0.2, 0.25) is 0 Å². The molecule has 0 saturated heterocycles. The lowest BCUT2D eigenvalue weighted by Crippen LogP contribution is -2.05. The van der Waals surface area contributed by atoms with Gasteiger partial charge in [0, 0.05) is 21.8 Å². The zero-order valence-electron chi connectivity index (χ0n) is 14.6. The predicted octanol–water partition coefficient (Wildman–Crippen LogP) is 5.06. The number of anilines is 5. The summed E-state index contributed by atoms with van der Waals surface area (Å²) in [6, 6.07) is 17.3. The average molecular weight is 377 g/mol. The number of hydrogen-bond donors (Lipinski definition) is 3. The van der Waals surface area contributed by atoms with Crippen LogP contribution in [-0.2, 0) is 0 Å². The number of aromatic nitrogens is 3. The number of nitrogens with two attached hydrogens (primary N) is 1. The smallest absolute Gasteiger partial charge is 0.159 e. The topological polar surface area (TPSA) is 88.8 Å². The number of benzene rings is 2. The first-order valence-corrected chi connectivity index (χ1v) is 8.74. The number of rotatable bonds is 4. The first-order chi connectivity index (χ1) is 13.1. The quantitative estimate of drug-likeness (QED) is 0.461. The number of nitrogen functional groups attached to an aromatic ring is 1. The van der Waals surface area contributed by atoms with Crippen molar-refractivity contribution in [1.82, 2.24) is 15.0 Å². The first kappa shape index (κ1) is 17.1. The Morgan fingerprint density at radius 3 is 2.52 bits per heavy atom. The monoisotopic (exact) mass is 376 g/mol. The van der Waals surface area contributed by atoms with Crippen LogP contribution >= 0.6 is 11.6 Å². The molecule has 0 aliphatic carbocycles. The molecule has 2 aromatic carbocycles. The van der Waals surface area contributed by atoms with E-state index in [1.807, 2.05) is 49.4 Å². The van der Waals surface area contributed by atoms with Gasteiger partial charge in [-0.25, -0.2) is 9.97 Å². The molecule has 7 heteroatoms. The highest BCUT2D eigenvalue weighted by molar-refractivity contribution is 6.30. The number of nitrogens with zero attached hydrogens (tertiary/aromatic N) is 3. The third-order valence-electron chi connectivity index (χ3n) is 4.08. The standard InChI is InChI=1S/C20H17ClN6/c1-12-8-9-13-4-2-7-16(18(13)25-12)27-20-17(22)19(23-11-24-20)26-15-6-3-5-14(21)10-15/h2-11H,22H2,1H3,(H2,23,24,26,27). The lowest BCUT2D eigenvalue weighted by molar-refractivity contribution is 1.17. The molecule has 27 heavy (non-hydrogen) atoms.